The van der Waals surface area contributed by atoms with Gasteiger partial charge in [0.25, 0.3) is 0 Å². The quantitative estimate of drug-likeness (QED) is 0.799. The number of hydrogen-bond acceptors (Lipinski definition) is 4. The molecule has 23 heavy (non-hydrogen) atoms. The van der Waals surface area contributed by atoms with Crippen LogP contribution in [0.2, 0.25) is 0 Å². The van der Waals surface area contributed by atoms with Crippen LogP contribution in [0.4, 0.5) is 0 Å². The molecule has 0 radical (unpaired) electrons. The SMILES string of the molecule is Cc1nc(B2OC(C)(C)C(C)(C)O2)cn1-c1cccc(C#N)c1. The monoisotopic (exact) mass is 309 g/mol. The van der Waals surface area contributed by atoms with Crippen LogP contribution in [0.15, 0.2) is 30.5 Å². The number of rotatable bonds is 2. The summed E-state index contributed by atoms with van der Waals surface area (Å²) in [6.45, 7) is 10.0. The molecule has 2 heterocycles. The number of aryl methyl sites for hydroxylation is 1. The van der Waals surface area contributed by atoms with Crippen LogP contribution in [-0.2, 0) is 9.31 Å². The van der Waals surface area contributed by atoms with E-state index >= 15 is 0 Å². The molecule has 6 heteroatoms. The Kier molecular flexibility index (Phi) is 3.59. The summed E-state index contributed by atoms with van der Waals surface area (Å²) in [4.78, 5) is 4.59. The molecule has 2 aromatic rings. The molecule has 1 aromatic carbocycles. The highest BCUT2D eigenvalue weighted by Crippen LogP contribution is 2.36. The van der Waals surface area contributed by atoms with E-state index in [9.17, 15) is 0 Å². The Morgan fingerprint density at radius 2 is 1.83 bits per heavy atom. The molecule has 5 nitrogen and oxygen atoms in total. The lowest BCUT2D eigenvalue weighted by molar-refractivity contribution is 0.00578. The Labute approximate surface area is 137 Å². The number of aromatic nitrogens is 2. The van der Waals surface area contributed by atoms with Crippen molar-refractivity contribution in [2.24, 2.45) is 0 Å². The van der Waals surface area contributed by atoms with Gasteiger partial charge in [-0.2, -0.15) is 5.26 Å². The lowest BCUT2D eigenvalue weighted by Gasteiger charge is -2.32. The molecule has 118 valence electrons. The third-order valence-electron chi connectivity index (χ3n) is 4.65. The molecular weight excluding hydrogens is 289 g/mol. The van der Waals surface area contributed by atoms with Crippen LogP contribution < -0.4 is 5.59 Å². The van der Waals surface area contributed by atoms with Crippen molar-refractivity contribution in [1.82, 2.24) is 9.55 Å². The van der Waals surface area contributed by atoms with Gasteiger partial charge in [0.2, 0.25) is 0 Å². The highest BCUT2D eigenvalue weighted by molar-refractivity contribution is 6.61. The minimum absolute atomic E-state index is 0.393. The zero-order valence-corrected chi connectivity index (χ0v) is 14.1. The fraction of sp³-hybridized carbons (Fsp3) is 0.412. The number of nitrogens with zero attached hydrogens (tertiary/aromatic N) is 3. The van der Waals surface area contributed by atoms with Gasteiger partial charge in [-0.15, -0.1) is 0 Å². The smallest absolute Gasteiger partial charge is 0.398 e. The number of imidazole rings is 1. The van der Waals surface area contributed by atoms with E-state index in [1.54, 1.807) is 6.07 Å². The molecule has 1 aliphatic heterocycles. The van der Waals surface area contributed by atoms with Gasteiger partial charge in [-0.05, 0) is 52.8 Å². The second-order valence-electron chi connectivity index (χ2n) is 6.83. The molecule has 0 saturated carbocycles. The summed E-state index contributed by atoms with van der Waals surface area (Å²) in [6, 6.07) is 9.59. The predicted octanol–water partition coefficient (Wildman–Crippen LogP) is 2.35. The summed E-state index contributed by atoms with van der Waals surface area (Å²) in [7, 11) is -0.487. The van der Waals surface area contributed by atoms with Gasteiger partial charge in [0.05, 0.1) is 28.4 Å². The molecule has 0 N–H and O–H groups in total. The summed E-state index contributed by atoms with van der Waals surface area (Å²) in [6.07, 6.45) is 1.91. The second kappa shape index (κ2) is 5.22. The minimum atomic E-state index is -0.487. The molecule has 0 aliphatic carbocycles. The van der Waals surface area contributed by atoms with E-state index in [-0.39, 0.29) is 0 Å². The second-order valence-corrected chi connectivity index (χ2v) is 6.83. The predicted molar refractivity (Wildman–Crippen MR) is 88.7 cm³/mol. The molecule has 0 atom stereocenters. The maximum absolute atomic E-state index is 9.06. The highest BCUT2D eigenvalue weighted by atomic mass is 16.7. The van der Waals surface area contributed by atoms with Gasteiger partial charge in [-0.1, -0.05) is 6.07 Å². The summed E-state index contributed by atoms with van der Waals surface area (Å²) in [5.74, 6) is 0.824. The van der Waals surface area contributed by atoms with Gasteiger partial charge in [0.15, 0.2) is 0 Å². The standard InChI is InChI=1S/C17H20BN3O2/c1-12-20-15(18-22-16(2,3)17(4,5)23-18)11-21(12)14-8-6-7-13(9-14)10-19/h6-9,11H,1-5H3. The first-order chi connectivity index (χ1) is 10.7. The molecule has 0 amide bonds. The van der Waals surface area contributed by atoms with Crippen LogP contribution in [0.3, 0.4) is 0 Å². The molecule has 0 spiro atoms. The van der Waals surface area contributed by atoms with E-state index in [1.807, 2.05) is 63.6 Å². The van der Waals surface area contributed by atoms with Crippen molar-refractivity contribution in [3.05, 3.63) is 41.9 Å². The fourth-order valence-corrected chi connectivity index (χ4v) is 2.56. The van der Waals surface area contributed by atoms with Crippen molar-refractivity contribution in [3.63, 3.8) is 0 Å². The zero-order chi connectivity index (χ0) is 16.8. The Bertz CT molecular complexity index is 773. The molecule has 1 aromatic heterocycles. The van der Waals surface area contributed by atoms with E-state index in [0.717, 1.165) is 17.1 Å². The van der Waals surface area contributed by atoms with Crippen molar-refractivity contribution in [1.29, 1.82) is 5.26 Å². The third-order valence-corrected chi connectivity index (χ3v) is 4.65. The summed E-state index contributed by atoms with van der Waals surface area (Å²) >= 11 is 0. The van der Waals surface area contributed by atoms with Crippen LogP contribution >= 0.6 is 0 Å². The Hall–Kier alpha value is -2.10. The van der Waals surface area contributed by atoms with Crippen molar-refractivity contribution in [3.8, 4) is 11.8 Å². The number of hydrogen-bond donors (Lipinski definition) is 0. The molecule has 3 rings (SSSR count). The van der Waals surface area contributed by atoms with Crippen LogP contribution in [0, 0.1) is 18.3 Å². The van der Waals surface area contributed by atoms with Gasteiger partial charge >= 0.3 is 7.12 Å². The average molecular weight is 309 g/mol. The zero-order valence-electron chi connectivity index (χ0n) is 14.1. The van der Waals surface area contributed by atoms with Crippen molar-refractivity contribution in [2.45, 2.75) is 45.8 Å². The van der Waals surface area contributed by atoms with Gasteiger partial charge < -0.3 is 13.9 Å². The first-order valence-corrected chi connectivity index (χ1v) is 7.65. The van der Waals surface area contributed by atoms with E-state index in [1.165, 1.54) is 0 Å². The van der Waals surface area contributed by atoms with Gasteiger partial charge in [0, 0.05) is 11.9 Å². The Morgan fingerprint density at radius 3 is 2.43 bits per heavy atom. The third kappa shape index (κ3) is 2.67. The van der Waals surface area contributed by atoms with E-state index < -0.39 is 18.3 Å². The lowest BCUT2D eigenvalue weighted by atomic mass is 9.86. The normalized spacial score (nSPS) is 18.9. The first-order valence-electron chi connectivity index (χ1n) is 7.65. The molecular formula is C17H20BN3O2. The van der Waals surface area contributed by atoms with Crippen molar-refractivity contribution < 1.29 is 9.31 Å². The summed E-state index contributed by atoms with van der Waals surface area (Å²) in [5.41, 5.74) is 1.47. The van der Waals surface area contributed by atoms with Crippen molar-refractivity contribution in [2.75, 3.05) is 0 Å². The Balaban J connectivity index is 1.95. The molecule has 0 bridgehead atoms. The van der Waals surface area contributed by atoms with Crippen molar-refractivity contribution >= 4 is 12.7 Å². The molecule has 1 fully saturated rings. The maximum Gasteiger partial charge on any atom is 0.516 e. The first kappa shape index (κ1) is 15.8. The number of nitriles is 1. The number of benzene rings is 1. The fourth-order valence-electron chi connectivity index (χ4n) is 2.56. The van der Waals surface area contributed by atoms with Crippen LogP contribution in [0.25, 0.3) is 5.69 Å². The highest BCUT2D eigenvalue weighted by Gasteiger charge is 2.52. The minimum Gasteiger partial charge on any atom is -0.398 e. The topological polar surface area (TPSA) is 60.1 Å². The average Bonchev–Trinajstić information content (AvgIpc) is 2.97. The van der Waals surface area contributed by atoms with Crippen LogP contribution in [0.5, 0.6) is 0 Å². The van der Waals surface area contributed by atoms with E-state index in [2.05, 4.69) is 11.1 Å². The summed E-state index contributed by atoms with van der Waals surface area (Å²) in [5, 5.41) is 9.06. The maximum atomic E-state index is 9.06. The van der Waals surface area contributed by atoms with Crippen LogP contribution in [-0.4, -0.2) is 27.9 Å². The lowest BCUT2D eigenvalue weighted by Crippen LogP contribution is -2.41. The van der Waals surface area contributed by atoms with Gasteiger partial charge in [0.1, 0.15) is 5.82 Å². The molecule has 0 unspecified atom stereocenters. The van der Waals surface area contributed by atoms with Gasteiger partial charge in [-0.3, -0.25) is 0 Å². The largest absolute Gasteiger partial charge is 0.516 e. The van der Waals surface area contributed by atoms with E-state index in [4.69, 9.17) is 14.6 Å². The van der Waals surface area contributed by atoms with Gasteiger partial charge in [-0.25, -0.2) is 4.98 Å². The summed E-state index contributed by atoms with van der Waals surface area (Å²) < 4.78 is 14.0. The molecule has 1 aliphatic rings. The molecule has 1 saturated heterocycles. The van der Waals surface area contributed by atoms with E-state index in [0.29, 0.717) is 5.56 Å². The Morgan fingerprint density at radius 1 is 1.17 bits per heavy atom. The van der Waals surface area contributed by atoms with Crippen LogP contribution in [0.1, 0.15) is 39.1 Å².